The lowest BCUT2D eigenvalue weighted by Gasteiger charge is -2.30. The number of ether oxygens (including phenoxy) is 2. The van der Waals surface area contributed by atoms with Gasteiger partial charge in [-0.3, -0.25) is 0 Å². The molecule has 37 heavy (non-hydrogen) atoms. The molecule has 1 unspecified atom stereocenters. The van der Waals surface area contributed by atoms with Gasteiger partial charge in [-0.05, 0) is 86.8 Å². The minimum atomic E-state index is -1.38. The van der Waals surface area contributed by atoms with Crippen molar-refractivity contribution in [2.24, 2.45) is 5.92 Å². The molecular weight excluding hydrogens is 488 g/mol. The summed E-state index contributed by atoms with van der Waals surface area (Å²) in [6, 6.07) is 10.9. The molecule has 0 bridgehead atoms. The molecule has 1 N–H and O–H groups in total. The Bertz CT molecular complexity index is 1270. The highest BCUT2D eigenvalue weighted by Gasteiger charge is 2.28. The van der Waals surface area contributed by atoms with E-state index in [2.05, 4.69) is 0 Å². The molecule has 4 nitrogen and oxygen atoms in total. The summed E-state index contributed by atoms with van der Waals surface area (Å²) in [5.41, 5.74) is 0.145. The first-order chi connectivity index (χ1) is 17.7. The van der Waals surface area contributed by atoms with E-state index in [1.54, 1.807) is 19.9 Å². The van der Waals surface area contributed by atoms with Crippen molar-refractivity contribution in [1.82, 2.24) is 0 Å². The molecule has 0 radical (unpaired) electrons. The first kappa shape index (κ1) is 26.7. The van der Waals surface area contributed by atoms with Crippen molar-refractivity contribution in [2.75, 3.05) is 6.61 Å². The summed E-state index contributed by atoms with van der Waals surface area (Å²) in [5.74, 6) is -5.85. The van der Waals surface area contributed by atoms with Crippen LogP contribution in [-0.4, -0.2) is 23.8 Å². The zero-order valence-electron chi connectivity index (χ0n) is 20.6. The molecule has 196 valence electrons. The van der Waals surface area contributed by atoms with Crippen molar-refractivity contribution in [3.8, 4) is 22.6 Å². The van der Waals surface area contributed by atoms with E-state index in [-0.39, 0.29) is 35.5 Å². The molecule has 0 saturated heterocycles. The molecule has 8 heteroatoms. The molecule has 0 amide bonds. The molecule has 0 heterocycles. The fourth-order valence-electron chi connectivity index (χ4n) is 4.84. The average Bonchev–Trinajstić information content (AvgIpc) is 2.89. The number of carbonyl (C=O) groups excluding carboxylic acids is 1. The van der Waals surface area contributed by atoms with Gasteiger partial charge >= 0.3 is 5.97 Å². The average molecular weight is 517 g/mol. The van der Waals surface area contributed by atoms with E-state index in [1.165, 1.54) is 30.3 Å². The van der Waals surface area contributed by atoms with Crippen LogP contribution in [0.5, 0.6) is 11.5 Å². The third-order valence-corrected chi connectivity index (χ3v) is 6.95. The molecule has 1 atom stereocenters. The molecule has 0 spiro atoms. The topological polar surface area (TPSA) is 55.8 Å². The molecular formula is C29H28F4O4. The van der Waals surface area contributed by atoms with Crippen LogP contribution in [-0.2, 0) is 0 Å². The van der Waals surface area contributed by atoms with Crippen molar-refractivity contribution in [2.45, 2.75) is 51.6 Å². The molecule has 3 aromatic carbocycles. The van der Waals surface area contributed by atoms with Gasteiger partial charge in [0, 0.05) is 5.56 Å². The van der Waals surface area contributed by atoms with Gasteiger partial charge in [0.1, 0.15) is 5.75 Å². The van der Waals surface area contributed by atoms with Crippen LogP contribution in [0.2, 0.25) is 0 Å². The van der Waals surface area contributed by atoms with Gasteiger partial charge in [0.05, 0.1) is 18.3 Å². The van der Waals surface area contributed by atoms with Gasteiger partial charge in [0.15, 0.2) is 23.2 Å². The van der Waals surface area contributed by atoms with Crippen molar-refractivity contribution in [1.29, 1.82) is 0 Å². The number of halogens is 4. The molecule has 1 saturated carbocycles. The maximum absolute atomic E-state index is 15.0. The largest absolute Gasteiger partial charge is 0.491 e. The Morgan fingerprint density at radius 3 is 2.19 bits per heavy atom. The summed E-state index contributed by atoms with van der Waals surface area (Å²) < 4.78 is 68.5. The molecule has 1 fully saturated rings. The van der Waals surface area contributed by atoms with Crippen LogP contribution in [0, 0.1) is 29.2 Å². The Hall–Kier alpha value is -3.39. The second kappa shape index (κ2) is 11.3. The predicted octanol–water partition coefficient (Wildman–Crippen LogP) is 7.18. The van der Waals surface area contributed by atoms with E-state index in [4.69, 9.17) is 9.47 Å². The van der Waals surface area contributed by atoms with Crippen LogP contribution < -0.4 is 9.47 Å². The minimum Gasteiger partial charge on any atom is -0.491 e. The summed E-state index contributed by atoms with van der Waals surface area (Å²) in [6.07, 6.45) is 2.49. The van der Waals surface area contributed by atoms with E-state index < -0.39 is 40.9 Å². The normalized spacial score (nSPS) is 18.4. The predicted molar refractivity (Wildman–Crippen MR) is 131 cm³/mol. The molecule has 1 aliphatic rings. The molecule has 0 aliphatic heterocycles. The smallest absolute Gasteiger partial charge is 0.346 e. The van der Waals surface area contributed by atoms with Gasteiger partial charge in [0.25, 0.3) is 0 Å². The van der Waals surface area contributed by atoms with Crippen LogP contribution in [0.25, 0.3) is 11.1 Å². The number of hydrogen-bond donors (Lipinski definition) is 1. The first-order valence-electron chi connectivity index (χ1n) is 12.3. The highest BCUT2D eigenvalue weighted by molar-refractivity contribution is 5.91. The number of aliphatic hydroxyl groups excluding tert-OH is 1. The molecule has 0 aromatic heterocycles. The summed E-state index contributed by atoms with van der Waals surface area (Å²) in [5, 5.41) is 9.77. The summed E-state index contributed by atoms with van der Waals surface area (Å²) in [6.45, 7) is 3.50. The highest BCUT2D eigenvalue weighted by Crippen LogP contribution is 2.40. The van der Waals surface area contributed by atoms with Crippen molar-refractivity contribution < 1.29 is 36.9 Å². The number of benzene rings is 3. The Kier molecular flexibility index (Phi) is 8.17. The highest BCUT2D eigenvalue weighted by atomic mass is 19.2. The van der Waals surface area contributed by atoms with Gasteiger partial charge < -0.3 is 14.6 Å². The lowest BCUT2D eigenvalue weighted by molar-refractivity contribution is 0.0728. The third-order valence-electron chi connectivity index (χ3n) is 6.95. The maximum atomic E-state index is 15.0. The number of esters is 1. The summed E-state index contributed by atoms with van der Waals surface area (Å²) >= 11 is 0. The first-order valence-corrected chi connectivity index (χ1v) is 12.3. The van der Waals surface area contributed by atoms with Crippen LogP contribution >= 0.6 is 0 Å². The zero-order chi connectivity index (χ0) is 26.7. The fourth-order valence-corrected chi connectivity index (χ4v) is 4.84. The van der Waals surface area contributed by atoms with Gasteiger partial charge in [-0.1, -0.05) is 24.3 Å². The number of aliphatic hydroxyl groups is 1. The molecule has 1 aliphatic carbocycles. The fraction of sp³-hybridized carbons (Fsp3) is 0.345. The van der Waals surface area contributed by atoms with Gasteiger partial charge in [-0.15, -0.1) is 0 Å². The Balaban J connectivity index is 1.47. The number of rotatable bonds is 7. The van der Waals surface area contributed by atoms with E-state index in [0.29, 0.717) is 24.0 Å². The van der Waals surface area contributed by atoms with E-state index in [0.717, 1.165) is 25.0 Å². The number of carbonyl (C=O) groups is 1. The second-order valence-electron chi connectivity index (χ2n) is 9.27. The van der Waals surface area contributed by atoms with Gasteiger partial charge in [-0.2, -0.15) is 4.39 Å². The van der Waals surface area contributed by atoms with Crippen LogP contribution in [0.15, 0.2) is 48.5 Å². The molecule has 4 rings (SSSR count). The summed E-state index contributed by atoms with van der Waals surface area (Å²) in [4.78, 5) is 12.4. The second-order valence-corrected chi connectivity index (χ2v) is 9.27. The summed E-state index contributed by atoms with van der Waals surface area (Å²) in [7, 11) is 0. The standard InChI is InChI=1S/C29H28F4O4/c1-3-36-24-15-14-23(27(32)28(24)33)29(35)37-20-10-8-19(9-11-20)22-13-12-21(25(30)26(22)31)18-6-4-17(5-7-18)16(2)34/h8-18,34H,3-7H2,1-2H3. The number of hydrogen-bond acceptors (Lipinski definition) is 4. The van der Waals surface area contributed by atoms with Crippen LogP contribution in [0.3, 0.4) is 0 Å². The van der Waals surface area contributed by atoms with Crippen LogP contribution in [0.4, 0.5) is 17.6 Å². The third kappa shape index (κ3) is 5.64. The quantitative estimate of drug-likeness (QED) is 0.205. The zero-order valence-corrected chi connectivity index (χ0v) is 20.6. The van der Waals surface area contributed by atoms with E-state index >= 15 is 8.78 Å². The van der Waals surface area contributed by atoms with Gasteiger partial charge in [0.2, 0.25) is 5.82 Å². The Morgan fingerprint density at radius 1 is 0.892 bits per heavy atom. The lowest BCUT2D eigenvalue weighted by Crippen LogP contribution is -2.23. The van der Waals surface area contributed by atoms with Crippen molar-refractivity contribution in [3.63, 3.8) is 0 Å². The van der Waals surface area contributed by atoms with Gasteiger partial charge in [-0.25, -0.2) is 18.0 Å². The van der Waals surface area contributed by atoms with E-state index in [9.17, 15) is 18.7 Å². The Morgan fingerprint density at radius 2 is 1.57 bits per heavy atom. The van der Waals surface area contributed by atoms with Crippen molar-refractivity contribution in [3.05, 3.63) is 82.9 Å². The lowest BCUT2D eigenvalue weighted by atomic mass is 9.76. The van der Waals surface area contributed by atoms with Crippen LogP contribution in [0.1, 0.15) is 61.4 Å². The van der Waals surface area contributed by atoms with E-state index in [1.807, 2.05) is 0 Å². The molecule has 3 aromatic rings. The van der Waals surface area contributed by atoms with Crippen molar-refractivity contribution >= 4 is 5.97 Å². The SMILES string of the molecule is CCOc1ccc(C(=O)Oc2ccc(-c3ccc(C4CCC(C(C)O)CC4)c(F)c3F)cc2)c(F)c1F. The Labute approximate surface area is 212 Å². The maximum Gasteiger partial charge on any atom is 0.346 e. The minimum absolute atomic E-state index is 0.0230. The monoisotopic (exact) mass is 516 g/mol.